The van der Waals surface area contributed by atoms with Crippen LogP contribution in [0.2, 0.25) is 0 Å². The van der Waals surface area contributed by atoms with Gasteiger partial charge in [0.05, 0.1) is 12.0 Å². The lowest BCUT2D eigenvalue weighted by molar-refractivity contribution is -0.262. The van der Waals surface area contributed by atoms with Crippen LogP contribution in [0.4, 0.5) is 0 Å². The minimum Gasteiger partial charge on any atom is -0.484 e. The summed E-state index contributed by atoms with van der Waals surface area (Å²) in [5.74, 6) is -1.40. The van der Waals surface area contributed by atoms with Gasteiger partial charge in [-0.05, 0) is 19.3 Å². The van der Waals surface area contributed by atoms with E-state index in [-0.39, 0.29) is 35.4 Å². The van der Waals surface area contributed by atoms with Crippen LogP contribution in [0.5, 0.6) is 0 Å². The smallest absolute Gasteiger partial charge is 0.346 e. The Kier molecular flexibility index (Phi) is 3.48. The maximum atomic E-state index is 12.7. The van der Waals surface area contributed by atoms with Crippen LogP contribution in [-0.4, -0.2) is 45.4 Å². The van der Waals surface area contributed by atoms with Gasteiger partial charge < -0.3 is 19.7 Å². The quantitative estimate of drug-likeness (QED) is 0.389. The monoisotopic (exact) mass is 348 g/mol. The van der Waals surface area contributed by atoms with E-state index in [9.17, 15) is 19.8 Å². The van der Waals surface area contributed by atoms with E-state index >= 15 is 0 Å². The number of esters is 1. The average molecular weight is 348 g/mol. The number of hydrogen-bond acceptors (Lipinski definition) is 6. The van der Waals surface area contributed by atoms with E-state index in [1.807, 2.05) is 20.8 Å². The van der Waals surface area contributed by atoms with Crippen LogP contribution in [0.1, 0.15) is 40.0 Å². The SMILES string of the molecule is CC1C[C@]23OC(=O)C4=C2OC1(C)[C@H](O)C3/C=C/[C@@H](O)[C@H](C)CCC4=O. The Morgan fingerprint density at radius 2 is 1.88 bits per heavy atom. The molecule has 3 aliphatic heterocycles. The van der Waals surface area contributed by atoms with Gasteiger partial charge in [-0.3, -0.25) is 4.79 Å². The van der Waals surface area contributed by atoms with Gasteiger partial charge in [0.25, 0.3) is 0 Å². The molecule has 6 nitrogen and oxygen atoms in total. The predicted molar refractivity (Wildman–Crippen MR) is 87.2 cm³/mol. The van der Waals surface area contributed by atoms with Gasteiger partial charge in [-0.2, -0.15) is 0 Å². The molecule has 2 aliphatic carbocycles. The Morgan fingerprint density at radius 3 is 2.60 bits per heavy atom. The van der Waals surface area contributed by atoms with Crippen LogP contribution in [-0.2, 0) is 19.1 Å². The Balaban J connectivity index is 1.93. The first-order valence-electron chi connectivity index (χ1n) is 8.95. The van der Waals surface area contributed by atoms with E-state index in [0.717, 1.165) is 0 Å². The number of ether oxygens (including phenoxy) is 2. The summed E-state index contributed by atoms with van der Waals surface area (Å²) in [7, 11) is 0. The number of carbonyl (C=O) groups excluding carboxylic acids is 2. The van der Waals surface area contributed by atoms with Gasteiger partial charge in [-0.1, -0.05) is 26.0 Å². The molecule has 3 fully saturated rings. The van der Waals surface area contributed by atoms with Gasteiger partial charge in [0, 0.05) is 18.8 Å². The van der Waals surface area contributed by atoms with E-state index in [4.69, 9.17) is 9.47 Å². The predicted octanol–water partition coefficient (Wildman–Crippen LogP) is 1.26. The van der Waals surface area contributed by atoms with Gasteiger partial charge in [-0.25, -0.2) is 4.79 Å². The summed E-state index contributed by atoms with van der Waals surface area (Å²) in [6.07, 6.45) is 2.87. The molecule has 5 aliphatic rings. The zero-order valence-corrected chi connectivity index (χ0v) is 14.7. The van der Waals surface area contributed by atoms with Crippen molar-refractivity contribution in [2.24, 2.45) is 17.8 Å². The first kappa shape index (κ1) is 16.8. The van der Waals surface area contributed by atoms with Crippen LogP contribution in [0.3, 0.4) is 0 Å². The lowest BCUT2D eigenvalue weighted by Gasteiger charge is -2.59. The van der Waals surface area contributed by atoms with Gasteiger partial charge in [0.15, 0.2) is 17.1 Å². The molecule has 3 heterocycles. The molecule has 0 aromatic heterocycles. The first-order valence-corrected chi connectivity index (χ1v) is 8.95. The van der Waals surface area contributed by atoms with E-state index in [1.165, 1.54) is 0 Å². The van der Waals surface area contributed by atoms with Crippen molar-refractivity contribution in [2.75, 3.05) is 0 Å². The van der Waals surface area contributed by atoms with Crippen molar-refractivity contribution in [3.05, 3.63) is 23.5 Å². The topological polar surface area (TPSA) is 93.1 Å². The van der Waals surface area contributed by atoms with Crippen molar-refractivity contribution in [3.8, 4) is 0 Å². The summed E-state index contributed by atoms with van der Waals surface area (Å²) in [6.45, 7) is 5.62. The zero-order chi connectivity index (χ0) is 18.1. The molecular weight excluding hydrogens is 324 g/mol. The summed E-state index contributed by atoms with van der Waals surface area (Å²) in [4.78, 5) is 25.2. The van der Waals surface area contributed by atoms with Crippen molar-refractivity contribution in [1.82, 2.24) is 0 Å². The molecule has 1 saturated carbocycles. The van der Waals surface area contributed by atoms with Gasteiger partial charge in [0.2, 0.25) is 0 Å². The number of rotatable bonds is 0. The van der Waals surface area contributed by atoms with Gasteiger partial charge in [-0.15, -0.1) is 0 Å². The van der Waals surface area contributed by atoms with Crippen LogP contribution in [0.25, 0.3) is 0 Å². The fourth-order valence-corrected chi connectivity index (χ4v) is 4.71. The normalized spacial score (nSPS) is 50.2. The molecule has 0 aromatic carbocycles. The molecule has 2 N–H and O–H groups in total. The second kappa shape index (κ2) is 5.17. The lowest BCUT2D eigenvalue weighted by atomic mass is 9.59. The highest BCUT2D eigenvalue weighted by Crippen LogP contribution is 2.60. The van der Waals surface area contributed by atoms with Crippen molar-refractivity contribution < 1.29 is 29.3 Å². The minimum absolute atomic E-state index is 0.00739. The molecule has 136 valence electrons. The summed E-state index contributed by atoms with van der Waals surface area (Å²) >= 11 is 0. The summed E-state index contributed by atoms with van der Waals surface area (Å²) < 4.78 is 11.8. The summed E-state index contributed by atoms with van der Waals surface area (Å²) in [5, 5.41) is 21.3. The highest BCUT2D eigenvalue weighted by Gasteiger charge is 2.70. The number of Topliss-reactive ketones (excluding diaryl/α,β-unsaturated/α-hetero) is 1. The van der Waals surface area contributed by atoms with Crippen molar-refractivity contribution in [1.29, 1.82) is 0 Å². The molecule has 7 atom stereocenters. The Labute approximate surface area is 146 Å². The van der Waals surface area contributed by atoms with Gasteiger partial charge >= 0.3 is 5.97 Å². The van der Waals surface area contributed by atoms with E-state index in [2.05, 4.69) is 0 Å². The molecule has 0 amide bonds. The van der Waals surface area contributed by atoms with Crippen LogP contribution >= 0.6 is 0 Å². The Bertz CT molecular complexity index is 709. The van der Waals surface area contributed by atoms with Crippen LogP contribution < -0.4 is 0 Å². The molecule has 25 heavy (non-hydrogen) atoms. The Hall–Kier alpha value is -1.66. The second-order valence-corrected chi connectivity index (χ2v) is 8.16. The third-order valence-electron chi connectivity index (χ3n) is 6.67. The van der Waals surface area contributed by atoms with E-state index in [1.54, 1.807) is 12.2 Å². The molecule has 6 heteroatoms. The number of aliphatic hydroxyl groups excluding tert-OH is 2. The summed E-state index contributed by atoms with van der Waals surface area (Å²) in [5.41, 5.74) is -2.06. The van der Waals surface area contributed by atoms with Crippen LogP contribution in [0, 0.1) is 17.8 Å². The van der Waals surface area contributed by atoms with E-state index < -0.39 is 35.3 Å². The number of carbonyl (C=O) groups is 2. The number of aliphatic hydroxyl groups is 2. The maximum Gasteiger partial charge on any atom is 0.346 e. The standard InChI is InChI=1S/C19H24O6/c1-9-4-6-13(21)14-16-19(25-17(14)23)8-10(2)18(3,24-16)15(22)11(19)5-7-12(9)20/h5,7,9-12,15,20,22H,4,6,8H2,1-3H3/b7-5+/t9-,10?,11?,12-,15-,18?,19-/m1/s1. The van der Waals surface area contributed by atoms with Crippen LogP contribution in [0.15, 0.2) is 23.5 Å². The largest absolute Gasteiger partial charge is 0.484 e. The van der Waals surface area contributed by atoms with Crippen molar-refractivity contribution in [2.45, 2.75) is 63.4 Å². The third kappa shape index (κ3) is 2.04. The number of ketones is 1. The molecule has 1 spiro atoms. The first-order chi connectivity index (χ1) is 11.7. The van der Waals surface area contributed by atoms with Crippen molar-refractivity contribution in [3.63, 3.8) is 0 Å². The molecule has 2 saturated heterocycles. The molecular formula is C19H24O6. The second-order valence-electron chi connectivity index (χ2n) is 8.16. The molecule has 5 bridgehead atoms. The third-order valence-corrected chi connectivity index (χ3v) is 6.67. The highest BCUT2D eigenvalue weighted by atomic mass is 16.6. The maximum absolute atomic E-state index is 12.7. The lowest BCUT2D eigenvalue weighted by Crippen LogP contribution is -2.69. The summed E-state index contributed by atoms with van der Waals surface area (Å²) in [6, 6.07) is 0. The molecule has 0 radical (unpaired) electrons. The number of fused-ring (bicyclic) bond motifs is 1. The molecule has 5 rings (SSSR count). The zero-order valence-electron chi connectivity index (χ0n) is 14.7. The molecule has 3 unspecified atom stereocenters. The Morgan fingerprint density at radius 1 is 1.16 bits per heavy atom. The van der Waals surface area contributed by atoms with Gasteiger partial charge in [0.1, 0.15) is 17.3 Å². The molecule has 0 aromatic rings. The van der Waals surface area contributed by atoms with Crippen molar-refractivity contribution >= 4 is 11.8 Å². The highest BCUT2D eigenvalue weighted by molar-refractivity contribution is 6.19. The minimum atomic E-state index is -1.15. The average Bonchev–Trinajstić information content (AvgIpc) is 2.82. The number of hydrogen-bond donors (Lipinski definition) is 2. The fourth-order valence-electron chi connectivity index (χ4n) is 4.71. The van der Waals surface area contributed by atoms with E-state index in [0.29, 0.717) is 12.8 Å². The fraction of sp³-hybridized carbons (Fsp3) is 0.684.